The maximum Gasteiger partial charge on any atom is 0.319 e. The molecule has 0 unspecified atom stereocenters. The molecule has 2 aromatic rings. The van der Waals surface area contributed by atoms with Crippen molar-refractivity contribution in [2.24, 2.45) is 5.92 Å². The van der Waals surface area contributed by atoms with Gasteiger partial charge in [0.1, 0.15) is 0 Å². The third kappa shape index (κ3) is 6.17. The average molecular weight is 493 g/mol. The zero-order valence-corrected chi connectivity index (χ0v) is 20.3. The number of carbonyl (C=O) groups excluding carboxylic acids is 2. The normalized spacial score (nSPS) is 14.6. The van der Waals surface area contributed by atoms with Crippen molar-refractivity contribution in [2.45, 2.75) is 31.6 Å². The number of likely N-dealkylation sites (tertiary alicyclic amines) is 1. The average Bonchev–Trinajstić information content (AvgIpc) is 2.81. The van der Waals surface area contributed by atoms with Crippen molar-refractivity contribution in [3.63, 3.8) is 0 Å². The quantitative estimate of drug-likeness (QED) is 0.603. The number of urea groups is 1. The molecule has 2 N–H and O–H groups in total. The van der Waals surface area contributed by atoms with Gasteiger partial charge in [0.05, 0.1) is 15.6 Å². The molecule has 0 bridgehead atoms. The van der Waals surface area contributed by atoms with Gasteiger partial charge in [0, 0.05) is 37.8 Å². The summed E-state index contributed by atoms with van der Waals surface area (Å²) in [6, 6.07) is 12.6. The summed E-state index contributed by atoms with van der Waals surface area (Å²) >= 11 is 6.06. The van der Waals surface area contributed by atoms with Gasteiger partial charge in [-0.25, -0.2) is 13.2 Å². The molecule has 0 aliphatic carbocycles. The lowest BCUT2D eigenvalue weighted by Crippen LogP contribution is -2.47. The van der Waals surface area contributed by atoms with Gasteiger partial charge in [0.15, 0.2) is 0 Å². The van der Waals surface area contributed by atoms with Gasteiger partial charge in [-0.3, -0.25) is 9.52 Å². The van der Waals surface area contributed by atoms with Crippen LogP contribution in [-0.4, -0.2) is 56.3 Å². The van der Waals surface area contributed by atoms with Crippen LogP contribution >= 0.6 is 11.6 Å². The van der Waals surface area contributed by atoms with E-state index in [9.17, 15) is 18.0 Å². The van der Waals surface area contributed by atoms with Gasteiger partial charge in [0.25, 0.3) is 10.0 Å². The summed E-state index contributed by atoms with van der Waals surface area (Å²) in [6.45, 7) is 6.23. The van der Waals surface area contributed by atoms with E-state index >= 15 is 0 Å². The monoisotopic (exact) mass is 492 g/mol. The Morgan fingerprint density at radius 2 is 1.73 bits per heavy atom. The molecular weight excluding hydrogens is 464 g/mol. The molecular formula is C23H29ClN4O4S. The zero-order chi connectivity index (χ0) is 24.0. The van der Waals surface area contributed by atoms with E-state index in [1.165, 1.54) is 12.1 Å². The lowest BCUT2D eigenvalue weighted by atomic mass is 9.96. The number of para-hydroxylation sites is 1. The van der Waals surface area contributed by atoms with Crippen molar-refractivity contribution < 1.29 is 18.0 Å². The first-order valence-corrected chi connectivity index (χ1v) is 12.8. The van der Waals surface area contributed by atoms with Crippen molar-refractivity contribution in [3.8, 4) is 0 Å². The molecule has 0 atom stereocenters. The smallest absolute Gasteiger partial charge is 0.319 e. The molecule has 2 aromatic carbocycles. The molecule has 1 saturated heterocycles. The highest BCUT2D eigenvalue weighted by Gasteiger charge is 2.29. The minimum Gasteiger partial charge on any atom is -0.326 e. The first kappa shape index (κ1) is 24.9. The van der Waals surface area contributed by atoms with Crippen molar-refractivity contribution in [1.82, 2.24) is 9.80 Å². The molecule has 0 saturated carbocycles. The van der Waals surface area contributed by atoms with Crippen molar-refractivity contribution in [1.29, 1.82) is 0 Å². The maximum atomic E-state index is 12.8. The Morgan fingerprint density at radius 1 is 1.06 bits per heavy atom. The highest BCUT2D eigenvalue weighted by molar-refractivity contribution is 7.92. The molecule has 1 heterocycles. The van der Waals surface area contributed by atoms with Crippen LogP contribution in [0.1, 0.15) is 26.7 Å². The van der Waals surface area contributed by atoms with Gasteiger partial charge in [-0.1, -0.05) is 29.8 Å². The molecule has 8 nitrogen and oxygen atoms in total. The number of sulfonamides is 1. The number of hydrogen-bond donors (Lipinski definition) is 2. The number of nitrogens with zero attached hydrogens (tertiary/aromatic N) is 2. The van der Waals surface area contributed by atoms with Gasteiger partial charge < -0.3 is 15.1 Å². The van der Waals surface area contributed by atoms with Crippen molar-refractivity contribution in [3.05, 3.63) is 53.6 Å². The zero-order valence-electron chi connectivity index (χ0n) is 18.8. The number of halogens is 1. The molecule has 0 aromatic heterocycles. The van der Waals surface area contributed by atoms with Crippen molar-refractivity contribution in [2.75, 3.05) is 36.2 Å². The van der Waals surface area contributed by atoms with Crippen LogP contribution in [0.25, 0.3) is 0 Å². The van der Waals surface area contributed by atoms with Gasteiger partial charge in [-0.15, -0.1) is 0 Å². The summed E-state index contributed by atoms with van der Waals surface area (Å²) in [4.78, 5) is 28.8. The van der Waals surface area contributed by atoms with Crippen LogP contribution in [0.5, 0.6) is 0 Å². The number of anilines is 2. The number of carbonyl (C=O) groups is 2. The lowest BCUT2D eigenvalue weighted by Gasteiger charge is -2.34. The van der Waals surface area contributed by atoms with Crippen LogP contribution in [-0.2, 0) is 14.8 Å². The minimum absolute atomic E-state index is 0.00258. The van der Waals surface area contributed by atoms with Gasteiger partial charge >= 0.3 is 6.03 Å². The fraction of sp³-hybridized carbons (Fsp3) is 0.391. The predicted molar refractivity (Wildman–Crippen MR) is 130 cm³/mol. The molecule has 10 heteroatoms. The summed E-state index contributed by atoms with van der Waals surface area (Å²) in [5.41, 5.74) is 0.670. The Hall–Kier alpha value is -2.78. The SMILES string of the molecule is CCN(CC)C(=O)N1CCC(C(=O)Nc2cccc(S(=O)(=O)Nc3ccccc3Cl)c2)CC1. The highest BCUT2D eigenvalue weighted by atomic mass is 35.5. The summed E-state index contributed by atoms with van der Waals surface area (Å²) in [7, 11) is -3.88. The van der Waals surface area contributed by atoms with Gasteiger partial charge in [-0.05, 0) is 57.0 Å². The van der Waals surface area contributed by atoms with Crippen molar-refractivity contribution >= 4 is 44.9 Å². The number of benzene rings is 2. The molecule has 3 rings (SSSR count). The first-order valence-electron chi connectivity index (χ1n) is 11.0. The van der Waals surface area contributed by atoms with E-state index in [4.69, 9.17) is 11.6 Å². The molecule has 1 fully saturated rings. The van der Waals surface area contributed by atoms with Crippen LogP contribution in [0.2, 0.25) is 5.02 Å². The topological polar surface area (TPSA) is 98.8 Å². The molecule has 3 amide bonds. The Balaban J connectivity index is 1.62. The van der Waals surface area contributed by atoms with Gasteiger partial charge in [0.2, 0.25) is 5.91 Å². The molecule has 1 aliphatic rings. The summed E-state index contributed by atoms with van der Waals surface area (Å²) in [6.07, 6.45) is 1.12. The predicted octanol–water partition coefficient (Wildman–Crippen LogP) is 4.25. The Labute approximate surface area is 200 Å². The van der Waals surface area contributed by atoms with Crippen LogP contribution in [0.15, 0.2) is 53.4 Å². The molecule has 178 valence electrons. The second-order valence-corrected chi connectivity index (χ2v) is 9.91. The highest BCUT2D eigenvalue weighted by Crippen LogP contribution is 2.26. The maximum absolute atomic E-state index is 12.8. The Kier molecular flexibility index (Phi) is 8.20. The molecule has 33 heavy (non-hydrogen) atoms. The number of hydrogen-bond acceptors (Lipinski definition) is 4. The van der Waals surface area contributed by atoms with Crippen LogP contribution in [0.4, 0.5) is 16.2 Å². The third-order valence-electron chi connectivity index (χ3n) is 5.70. The number of piperidine rings is 1. The van der Waals surface area contributed by atoms with Crippen LogP contribution in [0, 0.1) is 5.92 Å². The van der Waals surface area contributed by atoms with E-state index < -0.39 is 10.0 Å². The molecule has 0 radical (unpaired) electrons. The lowest BCUT2D eigenvalue weighted by molar-refractivity contribution is -0.121. The van der Waals surface area contributed by atoms with Crippen LogP contribution < -0.4 is 10.0 Å². The van der Waals surface area contributed by atoms with Crippen LogP contribution in [0.3, 0.4) is 0 Å². The fourth-order valence-electron chi connectivity index (χ4n) is 3.76. The van der Waals surface area contributed by atoms with E-state index in [0.717, 1.165) is 0 Å². The number of nitrogens with one attached hydrogen (secondary N) is 2. The summed E-state index contributed by atoms with van der Waals surface area (Å²) in [5, 5.41) is 3.11. The molecule has 0 spiro atoms. The Bertz CT molecular complexity index is 1100. The second kappa shape index (κ2) is 10.9. The van der Waals surface area contributed by atoms with E-state index in [1.807, 2.05) is 13.8 Å². The largest absolute Gasteiger partial charge is 0.326 e. The first-order chi connectivity index (χ1) is 15.7. The number of amides is 3. The number of rotatable bonds is 7. The fourth-order valence-corrected chi connectivity index (χ4v) is 5.12. The van der Waals surface area contributed by atoms with E-state index in [1.54, 1.807) is 46.2 Å². The molecule has 1 aliphatic heterocycles. The van der Waals surface area contributed by atoms with E-state index in [-0.39, 0.29) is 33.5 Å². The summed E-state index contributed by atoms with van der Waals surface area (Å²) in [5.74, 6) is -0.425. The standard InChI is InChI=1S/C23H29ClN4O4S/c1-3-27(4-2)23(30)28-14-12-17(13-15-28)22(29)25-18-8-7-9-19(16-18)33(31,32)26-21-11-6-5-10-20(21)24/h5-11,16-17,26H,3-4,12-15H2,1-2H3,(H,25,29). The Morgan fingerprint density at radius 3 is 2.36 bits per heavy atom. The van der Waals surface area contributed by atoms with E-state index in [0.29, 0.717) is 44.7 Å². The second-order valence-electron chi connectivity index (χ2n) is 7.82. The van der Waals surface area contributed by atoms with E-state index in [2.05, 4.69) is 10.0 Å². The third-order valence-corrected chi connectivity index (χ3v) is 7.39. The minimum atomic E-state index is -3.88. The van der Waals surface area contributed by atoms with Gasteiger partial charge in [-0.2, -0.15) is 0 Å². The summed E-state index contributed by atoms with van der Waals surface area (Å²) < 4.78 is 28.0.